The maximum atomic E-state index is 5.82. The maximum absolute atomic E-state index is 5.82. The highest BCUT2D eigenvalue weighted by Crippen LogP contribution is 2.29. The van der Waals surface area contributed by atoms with Crippen molar-refractivity contribution >= 4 is 51.5 Å². The lowest BCUT2D eigenvalue weighted by atomic mass is 10.1. The molecule has 0 heterocycles. The average molecular weight is 400 g/mol. The van der Waals surface area contributed by atoms with Gasteiger partial charge in [0.2, 0.25) is 0 Å². The van der Waals surface area contributed by atoms with Crippen LogP contribution in [0, 0.1) is 0 Å². The zero-order chi connectivity index (χ0) is 13.4. The minimum Gasteiger partial charge on any atom is -0.369 e. The van der Waals surface area contributed by atoms with Gasteiger partial charge in [-0.25, -0.2) is 0 Å². The molecule has 1 unspecified atom stereocenters. The van der Waals surface area contributed by atoms with E-state index in [1.54, 1.807) is 0 Å². The Kier molecular flexibility index (Phi) is 8.44. The van der Waals surface area contributed by atoms with Crippen molar-refractivity contribution in [1.29, 1.82) is 0 Å². The van der Waals surface area contributed by atoms with Gasteiger partial charge in [-0.05, 0) is 24.1 Å². The zero-order valence-electron chi connectivity index (χ0n) is 10.7. The highest BCUT2D eigenvalue weighted by molar-refractivity contribution is 14.1. The van der Waals surface area contributed by atoms with Crippen LogP contribution in [0.5, 0.6) is 0 Å². The van der Waals surface area contributed by atoms with Crippen molar-refractivity contribution in [2.24, 2.45) is 0 Å². The first kappa shape index (κ1) is 16.4. The van der Waals surface area contributed by atoms with Crippen molar-refractivity contribution in [3.05, 3.63) is 29.8 Å². The first-order valence-corrected chi connectivity index (χ1v) is 8.65. The molecule has 18 heavy (non-hydrogen) atoms. The van der Waals surface area contributed by atoms with E-state index in [0.29, 0.717) is 15.7 Å². The van der Waals surface area contributed by atoms with Crippen LogP contribution in [0.15, 0.2) is 24.3 Å². The Morgan fingerprint density at radius 2 is 1.67 bits per heavy atom. The molecule has 1 aromatic rings. The highest BCUT2D eigenvalue weighted by Gasteiger charge is 2.08. The molecule has 0 aliphatic rings. The molecule has 1 rings (SSSR count). The molecule has 0 saturated carbocycles. The molecule has 0 spiro atoms. The van der Waals surface area contributed by atoms with E-state index in [9.17, 15) is 0 Å². The molecule has 4 heteroatoms. The number of hydrogen-bond acceptors (Lipinski definition) is 1. The fourth-order valence-corrected chi connectivity index (χ4v) is 3.33. The van der Waals surface area contributed by atoms with E-state index < -0.39 is 0 Å². The Morgan fingerprint density at radius 3 is 2.11 bits per heavy atom. The van der Waals surface area contributed by atoms with Crippen molar-refractivity contribution in [1.82, 2.24) is 0 Å². The molecule has 0 fully saturated rings. The molecule has 0 N–H and O–H groups in total. The number of hydrogen-bond donors (Lipinski definition) is 0. The van der Waals surface area contributed by atoms with E-state index in [2.05, 4.69) is 58.7 Å². The monoisotopic (exact) mass is 399 g/mol. The second-order valence-corrected chi connectivity index (χ2v) is 6.47. The van der Waals surface area contributed by atoms with E-state index in [1.807, 2.05) is 0 Å². The molecule has 0 aliphatic carbocycles. The molecule has 1 aromatic carbocycles. The van der Waals surface area contributed by atoms with Crippen LogP contribution in [-0.4, -0.2) is 24.8 Å². The fraction of sp³-hybridized carbons (Fsp3) is 0.571. The molecular weight excluding hydrogens is 380 g/mol. The maximum Gasteiger partial charge on any atom is 0.0399 e. The Labute approximate surface area is 134 Å². The number of halogens is 3. The van der Waals surface area contributed by atoms with Crippen LogP contribution in [0.3, 0.4) is 0 Å². The third-order valence-corrected chi connectivity index (χ3v) is 4.55. The van der Waals surface area contributed by atoms with Crippen LogP contribution in [0.4, 0.5) is 5.69 Å². The summed E-state index contributed by atoms with van der Waals surface area (Å²) in [6.45, 7) is 3.91. The molecule has 1 atom stereocenters. The summed E-state index contributed by atoms with van der Waals surface area (Å²) in [5, 5.41) is 0. The number of rotatable bonds is 8. The van der Waals surface area contributed by atoms with Gasteiger partial charge in [0.05, 0.1) is 0 Å². The summed E-state index contributed by atoms with van der Waals surface area (Å²) in [5.74, 6) is 1.26. The topological polar surface area (TPSA) is 3.24 Å². The number of alkyl halides is 3. The summed E-state index contributed by atoms with van der Waals surface area (Å²) in [6.07, 6.45) is 2.45. The predicted octanol–water partition coefficient (Wildman–Crippen LogP) is 5.25. The molecule has 0 aromatic heterocycles. The van der Waals surface area contributed by atoms with Gasteiger partial charge in [-0.15, -0.1) is 23.2 Å². The standard InChI is InChI=1S/C14H20Cl2IN/c1-2-3-14(17)12-4-6-13(7-5-12)18(10-8-15)11-9-16/h4-7,14H,2-3,8-11H2,1H3. The SMILES string of the molecule is CCCC(I)c1ccc(N(CCCl)CCCl)cc1. The summed E-state index contributed by atoms with van der Waals surface area (Å²) >= 11 is 14.2. The van der Waals surface area contributed by atoms with Crippen LogP contribution in [0.25, 0.3) is 0 Å². The third-order valence-electron chi connectivity index (χ3n) is 2.87. The lowest BCUT2D eigenvalue weighted by Gasteiger charge is -2.23. The van der Waals surface area contributed by atoms with Gasteiger partial charge in [0, 0.05) is 34.5 Å². The van der Waals surface area contributed by atoms with E-state index >= 15 is 0 Å². The van der Waals surface area contributed by atoms with Gasteiger partial charge in [0.15, 0.2) is 0 Å². The van der Waals surface area contributed by atoms with Gasteiger partial charge >= 0.3 is 0 Å². The summed E-state index contributed by atoms with van der Waals surface area (Å²) in [7, 11) is 0. The molecule has 0 bridgehead atoms. The molecule has 0 radical (unpaired) electrons. The third kappa shape index (κ3) is 5.14. The zero-order valence-corrected chi connectivity index (χ0v) is 14.4. The first-order chi connectivity index (χ1) is 8.72. The van der Waals surface area contributed by atoms with Gasteiger partial charge in [0.1, 0.15) is 0 Å². The van der Waals surface area contributed by atoms with Crippen molar-refractivity contribution in [3.63, 3.8) is 0 Å². The highest BCUT2D eigenvalue weighted by atomic mass is 127. The Balaban J connectivity index is 2.73. The summed E-state index contributed by atoms with van der Waals surface area (Å²) in [5.41, 5.74) is 2.61. The van der Waals surface area contributed by atoms with E-state index in [0.717, 1.165) is 13.1 Å². The summed E-state index contributed by atoms with van der Waals surface area (Å²) in [6, 6.07) is 8.79. The van der Waals surface area contributed by atoms with Gasteiger partial charge in [-0.2, -0.15) is 0 Å². The normalized spacial score (nSPS) is 12.4. The summed E-state index contributed by atoms with van der Waals surface area (Å²) < 4.78 is 0.608. The Bertz CT molecular complexity index is 323. The smallest absolute Gasteiger partial charge is 0.0399 e. The van der Waals surface area contributed by atoms with Crippen LogP contribution in [-0.2, 0) is 0 Å². The lowest BCUT2D eigenvalue weighted by molar-refractivity contribution is 0.798. The minimum absolute atomic E-state index is 0.608. The number of benzene rings is 1. The van der Waals surface area contributed by atoms with Crippen molar-refractivity contribution in [2.75, 3.05) is 29.7 Å². The van der Waals surface area contributed by atoms with Crippen LogP contribution in [0.1, 0.15) is 29.3 Å². The first-order valence-electron chi connectivity index (χ1n) is 6.33. The quantitative estimate of drug-likeness (QED) is 0.426. The van der Waals surface area contributed by atoms with E-state index in [-0.39, 0.29) is 0 Å². The van der Waals surface area contributed by atoms with Crippen molar-refractivity contribution < 1.29 is 0 Å². The molecule has 1 nitrogen and oxygen atoms in total. The van der Waals surface area contributed by atoms with Crippen LogP contribution >= 0.6 is 45.8 Å². The van der Waals surface area contributed by atoms with Crippen molar-refractivity contribution in [2.45, 2.75) is 23.7 Å². The molecule has 102 valence electrons. The molecular formula is C14H20Cl2IN. The lowest BCUT2D eigenvalue weighted by Crippen LogP contribution is -2.27. The van der Waals surface area contributed by atoms with Crippen LogP contribution < -0.4 is 4.90 Å². The second kappa shape index (κ2) is 9.27. The summed E-state index contributed by atoms with van der Waals surface area (Å²) in [4.78, 5) is 2.23. The Hall–Kier alpha value is 0.330. The van der Waals surface area contributed by atoms with Gasteiger partial charge in [0.25, 0.3) is 0 Å². The van der Waals surface area contributed by atoms with E-state index in [4.69, 9.17) is 23.2 Å². The molecule has 0 amide bonds. The predicted molar refractivity (Wildman–Crippen MR) is 91.8 cm³/mol. The second-order valence-electron chi connectivity index (χ2n) is 4.21. The minimum atomic E-state index is 0.608. The number of anilines is 1. The van der Waals surface area contributed by atoms with Crippen molar-refractivity contribution in [3.8, 4) is 0 Å². The average Bonchev–Trinajstić information content (AvgIpc) is 2.39. The molecule has 0 aliphatic heterocycles. The van der Waals surface area contributed by atoms with Gasteiger partial charge in [-0.3, -0.25) is 0 Å². The fourth-order valence-electron chi connectivity index (χ4n) is 1.89. The van der Waals surface area contributed by atoms with Crippen LogP contribution in [0.2, 0.25) is 0 Å². The number of nitrogens with zero attached hydrogens (tertiary/aromatic N) is 1. The van der Waals surface area contributed by atoms with Gasteiger partial charge < -0.3 is 4.90 Å². The van der Waals surface area contributed by atoms with E-state index in [1.165, 1.54) is 24.1 Å². The Morgan fingerprint density at radius 1 is 1.11 bits per heavy atom. The largest absolute Gasteiger partial charge is 0.369 e. The molecule has 0 saturated heterocycles. The van der Waals surface area contributed by atoms with Gasteiger partial charge in [-0.1, -0.05) is 48.1 Å².